The third-order valence-electron chi connectivity index (χ3n) is 5.00. The van der Waals surface area contributed by atoms with Crippen LogP contribution in [0.5, 0.6) is 0 Å². The molecule has 0 heterocycles. The Balaban J connectivity index is 0.00000450. The second-order valence-corrected chi connectivity index (χ2v) is 9.15. The maximum absolute atomic E-state index is 11.9. The van der Waals surface area contributed by atoms with Crippen LogP contribution in [-0.4, -0.2) is 66.1 Å². The van der Waals surface area contributed by atoms with Gasteiger partial charge in [-0.3, -0.25) is 4.79 Å². The Bertz CT molecular complexity index is 824. The van der Waals surface area contributed by atoms with E-state index in [-0.39, 0.29) is 46.7 Å². The number of methoxy groups -OCH3 is 1. The standard InChI is InChI=1S/C19H31N5O4S.HI/c1-24(2)17(25)13-22-18(23-14-19(8-9-19)10-11-28-3)21-12-15-4-6-16(7-5-15)29(20,26)27;/h4-7H,8-14H2,1-3H3,(H2,20,26,27)(H2,21,22,23);1H. The van der Waals surface area contributed by atoms with E-state index in [9.17, 15) is 13.2 Å². The van der Waals surface area contributed by atoms with E-state index in [1.54, 1.807) is 33.3 Å². The van der Waals surface area contributed by atoms with Crippen molar-refractivity contribution in [3.05, 3.63) is 29.8 Å². The number of halogens is 1. The monoisotopic (exact) mass is 553 g/mol. The van der Waals surface area contributed by atoms with Crippen LogP contribution < -0.4 is 15.8 Å². The summed E-state index contributed by atoms with van der Waals surface area (Å²) in [6.07, 6.45) is 3.26. The van der Waals surface area contributed by atoms with Gasteiger partial charge in [0.25, 0.3) is 0 Å². The largest absolute Gasteiger partial charge is 0.385 e. The van der Waals surface area contributed by atoms with Crippen LogP contribution in [0.1, 0.15) is 24.8 Å². The number of hydrogen-bond donors (Lipinski definition) is 3. The number of nitrogens with zero attached hydrogens (tertiary/aromatic N) is 2. The Hall–Kier alpha value is -1.44. The summed E-state index contributed by atoms with van der Waals surface area (Å²) in [4.78, 5) is 18.0. The van der Waals surface area contributed by atoms with Crippen molar-refractivity contribution in [1.29, 1.82) is 0 Å². The number of carbonyl (C=O) groups is 1. The van der Waals surface area contributed by atoms with Gasteiger partial charge in [-0.15, -0.1) is 24.0 Å². The van der Waals surface area contributed by atoms with E-state index in [0.717, 1.165) is 38.0 Å². The van der Waals surface area contributed by atoms with Gasteiger partial charge in [-0.05, 0) is 42.4 Å². The molecule has 2 rings (SSSR count). The van der Waals surface area contributed by atoms with E-state index in [1.807, 2.05) is 0 Å². The van der Waals surface area contributed by atoms with Gasteiger partial charge in [0.2, 0.25) is 15.9 Å². The number of rotatable bonds is 10. The van der Waals surface area contributed by atoms with Crippen molar-refractivity contribution in [2.45, 2.75) is 30.7 Å². The Morgan fingerprint density at radius 2 is 1.87 bits per heavy atom. The Morgan fingerprint density at radius 3 is 2.37 bits per heavy atom. The van der Waals surface area contributed by atoms with Crippen molar-refractivity contribution in [1.82, 2.24) is 15.5 Å². The Kier molecular flexibility index (Phi) is 10.5. The molecule has 1 saturated carbocycles. The molecule has 0 aromatic heterocycles. The van der Waals surface area contributed by atoms with Gasteiger partial charge in [-0.2, -0.15) is 0 Å². The zero-order chi connectivity index (χ0) is 21.5. The van der Waals surface area contributed by atoms with Gasteiger partial charge in [0, 0.05) is 34.4 Å². The normalized spacial score (nSPS) is 15.1. The summed E-state index contributed by atoms with van der Waals surface area (Å²) in [5, 5.41) is 11.5. The highest BCUT2D eigenvalue weighted by Crippen LogP contribution is 2.48. The fourth-order valence-electron chi connectivity index (χ4n) is 2.73. The van der Waals surface area contributed by atoms with E-state index in [2.05, 4.69) is 15.6 Å². The molecule has 1 aromatic carbocycles. The van der Waals surface area contributed by atoms with Gasteiger partial charge < -0.3 is 20.3 Å². The molecule has 0 spiro atoms. The van der Waals surface area contributed by atoms with Crippen LogP contribution in [-0.2, 0) is 26.1 Å². The molecule has 11 heteroatoms. The first-order valence-electron chi connectivity index (χ1n) is 9.48. The van der Waals surface area contributed by atoms with Crippen molar-refractivity contribution in [2.24, 2.45) is 15.5 Å². The number of nitrogens with two attached hydrogens (primary N) is 1. The Morgan fingerprint density at radius 1 is 1.23 bits per heavy atom. The first kappa shape index (κ1) is 26.6. The van der Waals surface area contributed by atoms with Gasteiger partial charge in [0.05, 0.1) is 18.0 Å². The van der Waals surface area contributed by atoms with Crippen LogP contribution >= 0.6 is 24.0 Å². The van der Waals surface area contributed by atoms with E-state index in [4.69, 9.17) is 9.88 Å². The quantitative estimate of drug-likeness (QED) is 0.225. The molecule has 0 unspecified atom stereocenters. The number of guanidine groups is 1. The minimum atomic E-state index is -3.72. The van der Waals surface area contributed by atoms with Crippen LogP contribution in [0, 0.1) is 5.41 Å². The van der Waals surface area contributed by atoms with E-state index < -0.39 is 10.0 Å². The van der Waals surface area contributed by atoms with Crippen molar-refractivity contribution in [2.75, 3.05) is 40.9 Å². The average molecular weight is 553 g/mol. The number of carbonyl (C=O) groups excluding carboxylic acids is 1. The summed E-state index contributed by atoms with van der Waals surface area (Å²) in [6.45, 7) is 1.94. The van der Waals surface area contributed by atoms with Crippen LogP contribution in [0.3, 0.4) is 0 Å². The molecule has 1 amide bonds. The van der Waals surface area contributed by atoms with Gasteiger partial charge in [-0.1, -0.05) is 12.1 Å². The lowest BCUT2D eigenvalue weighted by Gasteiger charge is -2.19. The number of ether oxygens (including phenoxy) is 1. The number of benzene rings is 1. The van der Waals surface area contributed by atoms with Crippen LogP contribution in [0.2, 0.25) is 0 Å². The molecule has 0 aliphatic heterocycles. The topological polar surface area (TPSA) is 126 Å². The molecule has 170 valence electrons. The van der Waals surface area contributed by atoms with Crippen molar-refractivity contribution in [3.63, 3.8) is 0 Å². The lowest BCUT2D eigenvalue weighted by atomic mass is 10.0. The summed E-state index contributed by atoms with van der Waals surface area (Å²) in [6, 6.07) is 6.26. The zero-order valence-corrected chi connectivity index (χ0v) is 20.8. The van der Waals surface area contributed by atoms with Crippen molar-refractivity contribution in [3.8, 4) is 0 Å². The second-order valence-electron chi connectivity index (χ2n) is 7.59. The van der Waals surface area contributed by atoms with Crippen LogP contribution in [0.4, 0.5) is 0 Å². The lowest BCUT2D eigenvalue weighted by molar-refractivity contribution is -0.127. The van der Waals surface area contributed by atoms with Gasteiger partial charge >= 0.3 is 0 Å². The number of primary sulfonamides is 1. The number of sulfonamides is 1. The first-order chi connectivity index (χ1) is 13.6. The summed E-state index contributed by atoms with van der Waals surface area (Å²) < 4.78 is 27.9. The number of hydrogen-bond acceptors (Lipinski definition) is 5. The van der Waals surface area contributed by atoms with Crippen molar-refractivity contribution >= 4 is 45.9 Å². The number of aliphatic imine (C=N–C) groups is 1. The predicted molar refractivity (Wildman–Crippen MR) is 127 cm³/mol. The third-order valence-corrected chi connectivity index (χ3v) is 5.93. The second kappa shape index (κ2) is 11.8. The fraction of sp³-hybridized carbons (Fsp3) is 0.579. The summed E-state index contributed by atoms with van der Waals surface area (Å²) in [5.41, 5.74) is 1.05. The fourth-order valence-corrected chi connectivity index (χ4v) is 3.24. The maximum Gasteiger partial charge on any atom is 0.241 e. The van der Waals surface area contributed by atoms with E-state index >= 15 is 0 Å². The maximum atomic E-state index is 11.9. The highest BCUT2D eigenvalue weighted by Gasteiger charge is 2.41. The molecule has 1 fully saturated rings. The smallest absolute Gasteiger partial charge is 0.241 e. The lowest BCUT2D eigenvalue weighted by Crippen LogP contribution is -2.44. The summed E-state index contributed by atoms with van der Waals surface area (Å²) in [5.74, 6) is 0.483. The third kappa shape index (κ3) is 8.74. The number of amides is 1. The molecule has 1 aliphatic rings. The first-order valence-corrected chi connectivity index (χ1v) is 11.0. The summed E-state index contributed by atoms with van der Waals surface area (Å²) in [7, 11) is 1.38. The Labute approximate surface area is 195 Å². The molecule has 0 bridgehead atoms. The molecule has 30 heavy (non-hydrogen) atoms. The molecular weight excluding hydrogens is 521 g/mol. The number of likely N-dealkylation sites (N-methyl/N-ethyl adjacent to an activating group) is 1. The van der Waals surface area contributed by atoms with Crippen molar-refractivity contribution < 1.29 is 17.9 Å². The highest BCUT2D eigenvalue weighted by molar-refractivity contribution is 14.0. The molecule has 4 N–H and O–H groups in total. The van der Waals surface area contributed by atoms with Gasteiger partial charge in [-0.25, -0.2) is 18.5 Å². The minimum absolute atomic E-state index is 0. The van der Waals surface area contributed by atoms with E-state index in [0.29, 0.717) is 12.5 Å². The molecular formula is C19H32IN5O4S. The SMILES string of the molecule is COCCC1(CNC(=NCc2ccc(S(N)(=O)=O)cc2)NCC(=O)N(C)C)CC1.I. The predicted octanol–water partition coefficient (Wildman–Crippen LogP) is 0.892. The highest BCUT2D eigenvalue weighted by atomic mass is 127. The molecule has 0 radical (unpaired) electrons. The molecule has 0 atom stereocenters. The van der Waals surface area contributed by atoms with E-state index in [1.165, 1.54) is 17.0 Å². The van der Waals surface area contributed by atoms with Crippen LogP contribution in [0.15, 0.2) is 34.2 Å². The molecule has 9 nitrogen and oxygen atoms in total. The number of nitrogens with one attached hydrogen (secondary N) is 2. The molecule has 1 aliphatic carbocycles. The summed E-state index contributed by atoms with van der Waals surface area (Å²) >= 11 is 0. The molecule has 1 aromatic rings. The average Bonchev–Trinajstić information content (AvgIpc) is 3.45. The van der Waals surface area contributed by atoms with Gasteiger partial charge in [0.1, 0.15) is 0 Å². The zero-order valence-electron chi connectivity index (χ0n) is 17.7. The van der Waals surface area contributed by atoms with Gasteiger partial charge in [0.15, 0.2) is 5.96 Å². The molecule has 0 saturated heterocycles. The minimum Gasteiger partial charge on any atom is -0.385 e. The van der Waals surface area contributed by atoms with Crippen LogP contribution in [0.25, 0.3) is 0 Å².